The van der Waals surface area contributed by atoms with Gasteiger partial charge in [-0.05, 0) is 68.6 Å². The van der Waals surface area contributed by atoms with E-state index in [-0.39, 0.29) is 0 Å². The molecule has 24 heavy (non-hydrogen) atoms. The van der Waals surface area contributed by atoms with Crippen molar-refractivity contribution in [3.8, 4) is 0 Å². The summed E-state index contributed by atoms with van der Waals surface area (Å²) in [7, 11) is 1.00. The average molecular weight is 351 g/mol. The van der Waals surface area contributed by atoms with Crippen molar-refractivity contribution in [3.63, 3.8) is 0 Å². The molecule has 0 aromatic heterocycles. The number of hydrogen-bond donors (Lipinski definition) is 1. The van der Waals surface area contributed by atoms with E-state index >= 15 is 0 Å². The fourth-order valence-corrected chi connectivity index (χ4v) is 4.58. The zero-order valence-corrected chi connectivity index (χ0v) is 16.6. The lowest BCUT2D eigenvalue weighted by atomic mass is 9.71. The number of rotatable bonds is 5. The van der Waals surface area contributed by atoms with E-state index in [1.807, 2.05) is 11.8 Å². The number of benzene rings is 1. The molecule has 0 radical (unpaired) electrons. The molecular weight excluding hydrogens is 316 g/mol. The van der Waals surface area contributed by atoms with Crippen LogP contribution in [0.2, 0.25) is 0 Å². The lowest BCUT2D eigenvalue weighted by molar-refractivity contribution is -0.0633. The van der Waals surface area contributed by atoms with E-state index < -0.39 is 0 Å². The number of nitrogens with zero attached hydrogens (tertiary/aromatic N) is 2. The van der Waals surface area contributed by atoms with Crippen LogP contribution in [0.1, 0.15) is 39.2 Å². The summed E-state index contributed by atoms with van der Waals surface area (Å²) in [5, 5.41) is 7.00. The van der Waals surface area contributed by atoms with E-state index in [0.717, 1.165) is 25.4 Å². The van der Waals surface area contributed by atoms with E-state index in [1.54, 1.807) is 0 Å². The Morgan fingerprint density at radius 2 is 1.83 bits per heavy atom. The molecule has 3 rings (SSSR count). The molecule has 3 nitrogen and oxygen atoms in total. The largest absolute Gasteiger partial charge is 0.400 e. The van der Waals surface area contributed by atoms with Crippen LogP contribution in [0, 0.1) is 5.41 Å². The van der Waals surface area contributed by atoms with Gasteiger partial charge in [0.05, 0.1) is 0 Å². The van der Waals surface area contributed by atoms with Gasteiger partial charge in [-0.3, -0.25) is 9.80 Å². The Kier molecular flexibility index (Phi) is 7.60. The van der Waals surface area contributed by atoms with Crippen molar-refractivity contribution in [2.45, 2.75) is 51.1 Å². The number of aliphatic hydroxyl groups excluding tert-OH is 1. The zero-order chi connectivity index (χ0) is 17.6. The third-order valence-corrected chi connectivity index (χ3v) is 6.22. The fraction of sp³-hybridized carbons (Fsp3) is 0.700. The molecule has 2 aliphatic rings. The molecule has 2 heterocycles. The first-order chi connectivity index (χ1) is 11.6. The number of aliphatic hydroxyl groups is 1. The van der Waals surface area contributed by atoms with Gasteiger partial charge in [-0.15, -0.1) is 11.8 Å². The lowest BCUT2D eigenvalue weighted by Crippen LogP contribution is -2.61. The molecule has 136 valence electrons. The van der Waals surface area contributed by atoms with Crippen molar-refractivity contribution in [1.29, 1.82) is 0 Å². The molecule has 0 aliphatic carbocycles. The van der Waals surface area contributed by atoms with Crippen LogP contribution in [-0.2, 0) is 6.54 Å². The number of hydrogen-bond acceptors (Lipinski definition) is 4. The third kappa shape index (κ3) is 4.98. The summed E-state index contributed by atoms with van der Waals surface area (Å²) in [4.78, 5) is 6.69. The van der Waals surface area contributed by atoms with Crippen LogP contribution in [0.3, 0.4) is 0 Å². The highest BCUT2D eigenvalue weighted by Crippen LogP contribution is 2.41. The maximum absolute atomic E-state index is 7.00. The van der Waals surface area contributed by atoms with Crippen LogP contribution in [0.25, 0.3) is 0 Å². The zero-order valence-electron chi connectivity index (χ0n) is 15.8. The van der Waals surface area contributed by atoms with Crippen molar-refractivity contribution < 1.29 is 5.11 Å². The summed E-state index contributed by atoms with van der Waals surface area (Å²) < 4.78 is 0. The van der Waals surface area contributed by atoms with Crippen LogP contribution in [0.4, 0.5) is 0 Å². The molecule has 1 N–H and O–H groups in total. The molecule has 1 aromatic rings. The van der Waals surface area contributed by atoms with Gasteiger partial charge in [0.1, 0.15) is 0 Å². The van der Waals surface area contributed by atoms with Gasteiger partial charge < -0.3 is 5.11 Å². The van der Waals surface area contributed by atoms with Gasteiger partial charge in [-0.2, -0.15) is 0 Å². The van der Waals surface area contributed by atoms with Crippen LogP contribution in [0.15, 0.2) is 29.2 Å². The van der Waals surface area contributed by atoms with Crippen LogP contribution < -0.4 is 0 Å². The van der Waals surface area contributed by atoms with Crippen LogP contribution >= 0.6 is 11.8 Å². The van der Waals surface area contributed by atoms with E-state index in [1.165, 1.54) is 49.5 Å². The van der Waals surface area contributed by atoms with Gasteiger partial charge in [0.25, 0.3) is 0 Å². The Morgan fingerprint density at radius 3 is 2.42 bits per heavy atom. The molecule has 1 spiro atoms. The molecule has 4 heteroatoms. The normalized spacial score (nSPS) is 20.6. The Labute approximate surface area is 152 Å². The molecular formula is C20H34N2OS. The minimum absolute atomic E-state index is 0.653. The SMILES string of the molecule is CCSc1cccc(CN2CCC3(CC2)CN(C(C)C)C3)c1.CO. The molecule has 1 aromatic carbocycles. The van der Waals surface area contributed by atoms with Gasteiger partial charge in [-0.25, -0.2) is 0 Å². The Bertz CT molecular complexity index is 490. The summed E-state index contributed by atoms with van der Waals surface area (Å²) in [6, 6.07) is 9.83. The van der Waals surface area contributed by atoms with Crippen molar-refractivity contribution in [1.82, 2.24) is 9.80 Å². The van der Waals surface area contributed by atoms with E-state index in [4.69, 9.17) is 5.11 Å². The lowest BCUT2D eigenvalue weighted by Gasteiger charge is -2.55. The van der Waals surface area contributed by atoms with E-state index in [0.29, 0.717) is 5.41 Å². The van der Waals surface area contributed by atoms with Crippen LogP contribution in [0.5, 0.6) is 0 Å². The summed E-state index contributed by atoms with van der Waals surface area (Å²) in [6.45, 7) is 13.2. The maximum Gasteiger partial charge on any atom is 0.0319 e. The minimum Gasteiger partial charge on any atom is -0.400 e. The summed E-state index contributed by atoms with van der Waals surface area (Å²) in [5.41, 5.74) is 2.13. The number of piperidine rings is 1. The van der Waals surface area contributed by atoms with Gasteiger partial charge in [0.15, 0.2) is 0 Å². The van der Waals surface area contributed by atoms with Gasteiger partial charge in [0, 0.05) is 37.7 Å². The molecule has 2 fully saturated rings. The van der Waals surface area contributed by atoms with Gasteiger partial charge in [-0.1, -0.05) is 19.1 Å². The Hall–Kier alpha value is -0.550. The number of likely N-dealkylation sites (tertiary alicyclic amines) is 2. The van der Waals surface area contributed by atoms with Crippen molar-refractivity contribution in [2.75, 3.05) is 39.0 Å². The first-order valence-corrected chi connectivity index (χ1v) is 10.2. The fourth-order valence-electron chi connectivity index (χ4n) is 3.84. The van der Waals surface area contributed by atoms with Gasteiger partial charge >= 0.3 is 0 Å². The maximum atomic E-state index is 7.00. The predicted octanol–water partition coefficient (Wildman–Crippen LogP) is 3.71. The highest BCUT2D eigenvalue weighted by Gasteiger charge is 2.45. The van der Waals surface area contributed by atoms with Gasteiger partial charge in [0.2, 0.25) is 0 Å². The monoisotopic (exact) mass is 350 g/mol. The topological polar surface area (TPSA) is 26.7 Å². The summed E-state index contributed by atoms with van der Waals surface area (Å²) in [6.07, 6.45) is 2.78. The van der Waals surface area contributed by atoms with Crippen molar-refractivity contribution in [2.24, 2.45) is 5.41 Å². The molecule has 2 aliphatic heterocycles. The highest BCUT2D eigenvalue weighted by atomic mass is 32.2. The van der Waals surface area contributed by atoms with E-state index in [2.05, 4.69) is 54.8 Å². The first-order valence-electron chi connectivity index (χ1n) is 9.23. The third-order valence-electron chi connectivity index (χ3n) is 5.34. The molecule has 0 bridgehead atoms. The number of thioether (sulfide) groups is 1. The average Bonchev–Trinajstić information content (AvgIpc) is 2.56. The van der Waals surface area contributed by atoms with Crippen LogP contribution in [-0.4, -0.2) is 60.0 Å². The van der Waals surface area contributed by atoms with Crippen molar-refractivity contribution >= 4 is 11.8 Å². The second-order valence-electron chi connectivity index (χ2n) is 7.36. The minimum atomic E-state index is 0.653. The Balaban J connectivity index is 0.00000100. The van der Waals surface area contributed by atoms with E-state index in [9.17, 15) is 0 Å². The summed E-state index contributed by atoms with van der Waals surface area (Å²) >= 11 is 1.94. The summed E-state index contributed by atoms with van der Waals surface area (Å²) in [5.74, 6) is 1.15. The molecule has 2 saturated heterocycles. The quantitative estimate of drug-likeness (QED) is 0.819. The molecule has 0 saturated carbocycles. The second kappa shape index (κ2) is 9.23. The van der Waals surface area contributed by atoms with Crippen molar-refractivity contribution in [3.05, 3.63) is 29.8 Å². The molecule has 0 unspecified atom stereocenters. The predicted molar refractivity (Wildman–Crippen MR) is 105 cm³/mol. The second-order valence-corrected chi connectivity index (χ2v) is 8.69. The molecule has 0 amide bonds. The first kappa shape index (κ1) is 19.8. The Morgan fingerprint density at radius 1 is 1.17 bits per heavy atom. The molecule has 0 atom stereocenters. The standard InChI is InChI=1S/C19H30N2S.CH4O/c1-4-22-18-7-5-6-17(12-18)13-20-10-8-19(9-11-20)14-21(15-19)16(2)3;1-2/h5-7,12,16H,4,8-11,13-15H2,1-3H3;2H,1H3. The smallest absolute Gasteiger partial charge is 0.0319 e. The highest BCUT2D eigenvalue weighted by molar-refractivity contribution is 7.99.